The zero-order valence-corrected chi connectivity index (χ0v) is 12.9. The van der Waals surface area contributed by atoms with E-state index in [2.05, 4.69) is 9.97 Å². The van der Waals surface area contributed by atoms with Crippen molar-refractivity contribution in [3.05, 3.63) is 69.2 Å². The average Bonchev–Trinajstić information content (AvgIpc) is 3.02. The molecule has 4 aromatic rings. The van der Waals surface area contributed by atoms with E-state index in [4.69, 9.17) is 11.6 Å². The maximum Gasteiger partial charge on any atom is 0.262 e. The van der Waals surface area contributed by atoms with Gasteiger partial charge >= 0.3 is 0 Å². The summed E-state index contributed by atoms with van der Waals surface area (Å²) in [6.07, 6.45) is 3.32. The van der Waals surface area contributed by atoms with Gasteiger partial charge in [0.05, 0.1) is 23.8 Å². The summed E-state index contributed by atoms with van der Waals surface area (Å²) < 4.78 is 1.60. The maximum atomic E-state index is 12.5. The van der Waals surface area contributed by atoms with E-state index in [1.54, 1.807) is 17.1 Å². The van der Waals surface area contributed by atoms with E-state index in [1.165, 1.54) is 11.3 Å². The van der Waals surface area contributed by atoms with Crippen molar-refractivity contribution in [3.63, 3.8) is 0 Å². The molecule has 0 bridgehead atoms. The van der Waals surface area contributed by atoms with Crippen LogP contribution in [-0.4, -0.2) is 14.5 Å². The Morgan fingerprint density at radius 1 is 1.14 bits per heavy atom. The Kier molecular flexibility index (Phi) is 3.17. The van der Waals surface area contributed by atoms with Crippen LogP contribution in [0.1, 0.15) is 5.56 Å². The SMILES string of the molecule is O=c1c2ccsc2ncn1Cc1ccc(Cl)c2cccnc12. The Bertz CT molecular complexity index is 1050. The molecule has 0 N–H and O–H groups in total. The first-order valence-electron chi connectivity index (χ1n) is 6.69. The molecule has 0 aliphatic heterocycles. The number of pyridine rings is 1. The van der Waals surface area contributed by atoms with Crippen molar-refractivity contribution in [2.45, 2.75) is 6.54 Å². The topological polar surface area (TPSA) is 47.8 Å². The standard InChI is InChI=1S/C16H10ClN3OS/c17-13-4-3-10(14-11(13)2-1-6-18-14)8-20-9-19-15-12(16(20)21)5-7-22-15/h1-7,9H,8H2. The van der Waals surface area contributed by atoms with Gasteiger partial charge in [-0.3, -0.25) is 14.3 Å². The van der Waals surface area contributed by atoms with Crippen LogP contribution in [0, 0.1) is 0 Å². The summed E-state index contributed by atoms with van der Waals surface area (Å²) in [4.78, 5) is 22.0. The molecule has 4 rings (SSSR count). The van der Waals surface area contributed by atoms with Crippen molar-refractivity contribution in [2.75, 3.05) is 0 Å². The van der Waals surface area contributed by atoms with Crippen LogP contribution >= 0.6 is 22.9 Å². The molecule has 0 aliphatic carbocycles. The van der Waals surface area contributed by atoms with Gasteiger partial charge in [-0.2, -0.15) is 0 Å². The Labute approximate surface area is 134 Å². The zero-order valence-electron chi connectivity index (χ0n) is 11.4. The molecule has 0 saturated carbocycles. The predicted molar refractivity (Wildman–Crippen MR) is 89.7 cm³/mol. The number of benzene rings is 1. The highest BCUT2D eigenvalue weighted by atomic mass is 35.5. The first-order valence-corrected chi connectivity index (χ1v) is 7.94. The highest BCUT2D eigenvalue weighted by Crippen LogP contribution is 2.25. The lowest BCUT2D eigenvalue weighted by Gasteiger charge is -2.09. The molecule has 3 heterocycles. The van der Waals surface area contributed by atoms with Gasteiger partial charge in [-0.15, -0.1) is 11.3 Å². The van der Waals surface area contributed by atoms with Gasteiger partial charge in [0, 0.05) is 16.6 Å². The number of fused-ring (bicyclic) bond motifs is 2. The Morgan fingerprint density at radius 3 is 2.95 bits per heavy atom. The number of halogens is 1. The van der Waals surface area contributed by atoms with Crippen LogP contribution in [0.25, 0.3) is 21.1 Å². The molecule has 0 aliphatic rings. The molecule has 4 nitrogen and oxygen atoms in total. The van der Waals surface area contributed by atoms with E-state index in [0.717, 1.165) is 21.3 Å². The second-order valence-corrected chi connectivity index (χ2v) is 6.22. The molecule has 6 heteroatoms. The van der Waals surface area contributed by atoms with E-state index in [1.807, 2.05) is 35.7 Å². The van der Waals surface area contributed by atoms with Gasteiger partial charge in [0.1, 0.15) is 4.83 Å². The van der Waals surface area contributed by atoms with Crippen LogP contribution < -0.4 is 5.56 Å². The lowest BCUT2D eigenvalue weighted by atomic mass is 10.1. The van der Waals surface area contributed by atoms with E-state index in [0.29, 0.717) is 17.0 Å². The van der Waals surface area contributed by atoms with Crippen LogP contribution in [0.2, 0.25) is 5.02 Å². The molecule has 3 aromatic heterocycles. The smallest absolute Gasteiger partial charge is 0.262 e. The Hall–Kier alpha value is -2.24. The molecular weight excluding hydrogens is 318 g/mol. The lowest BCUT2D eigenvalue weighted by molar-refractivity contribution is 0.752. The maximum absolute atomic E-state index is 12.5. The lowest BCUT2D eigenvalue weighted by Crippen LogP contribution is -2.20. The van der Waals surface area contributed by atoms with Gasteiger partial charge in [-0.25, -0.2) is 4.98 Å². The Balaban J connectivity index is 1.88. The molecule has 0 radical (unpaired) electrons. The van der Waals surface area contributed by atoms with Gasteiger partial charge in [0.15, 0.2) is 0 Å². The first kappa shape index (κ1) is 13.4. The number of nitrogens with zero attached hydrogens (tertiary/aromatic N) is 3. The molecule has 0 amide bonds. The molecule has 0 unspecified atom stereocenters. The molecule has 108 valence electrons. The van der Waals surface area contributed by atoms with Gasteiger partial charge < -0.3 is 0 Å². The minimum Gasteiger partial charge on any atom is -0.294 e. The van der Waals surface area contributed by atoms with Crippen molar-refractivity contribution in [3.8, 4) is 0 Å². The first-order chi connectivity index (χ1) is 10.7. The van der Waals surface area contributed by atoms with Crippen molar-refractivity contribution in [1.82, 2.24) is 14.5 Å². The second-order valence-electron chi connectivity index (χ2n) is 4.92. The average molecular weight is 328 g/mol. The van der Waals surface area contributed by atoms with Crippen LogP contribution in [0.3, 0.4) is 0 Å². The van der Waals surface area contributed by atoms with Crippen molar-refractivity contribution in [2.24, 2.45) is 0 Å². The summed E-state index contributed by atoms with van der Waals surface area (Å²) in [7, 11) is 0. The van der Waals surface area contributed by atoms with E-state index < -0.39 is 0 Å². The summed E-state index contributed by atoms with van der Waals surface area (Å²) in [6.45, 7) is 0.419. The fourth-order valence-corrected chi connectivity index (χ4v) is 3.45. The van der Waals surface area contributed by atoms with Gasteiger partial charge in [-0.1, -0.05) is 17.7 Å². The molecule has 0 atom stereocenters. The monoisotopic (exact) mass is 327 g/mol. The normalized spacial score (nSPS) is 11.3. The highest BCUT2D eigenvalue weighted by molar-refractivity contribution is 7.16. The Morgan fingerprint density at radius 2 is 2.05 bits per heavy atom. The molecule has 1 aromatic carbocycles. The number of rotatable bonds is 2. The third-order valence-electron chi connectivity index (χ3n) is 3.59. The summed E-state index contributed by atoms with van der Waals surface area (Å²) in [5.41, 5.74) is 1.72. The third kappa shape index (κ3) is 2.10. The van der Waals surface area contributed by atoms with Crippen molar-refractivity contribution >= 4 is 44.1 Å². The quantitative estimate of drug-likeness (QED) is 0.564. The minimum atomic E-state index is -0.0368. The molecule has 22 heavy (non-hydrogen) atoms. The fraction of sp³-hybridized carbons (Fsp3) is 0.0625. The largest absolute Gasteiger partial charge is 0.294 e. The van der Waals surface area contributed by atoms with Crippen LogP contribution in [0.5, 0.6) is 0 Å². The minimum absolute atomic E-state index is 0.0368. The molecule has 0 spiro atoms. The van der Waals surface area contributed by atoms with Crippen molar-refractivity contribution < 1.29 is 0 Å². The van der Waals surface area contributed by atoms with Gasteiger partial charge in [0.2, 0.25) is 0 Å². The van der Waals surface area contributed by atoms with Crippen LogP contribution in [0.15, 0.2) is 53.0 Å². The van der Waals surface area contributed by atoms with Crippen LogP contribution in [-0.2, 0) is 6.54 Å². The van der Waals surface area contributed by atoms with Crippen LogP contribution in [0.4, 0.5) is 0 Å². The number of aromatic nitrogens is 3. The molecular formula is C16H10ClN3OS. The summed E-state index contributed by atoms with van der Waals surface area (Å²) in [6, 6.07) is 9.33. The number of thiophene rings is 1. The number of hydrogen-bond acceptors (Lipinski definition) is 4. The third-order valence-corrected chi connectivity index (χ3v) is 4.74. The van der Waals surface area contributed by atoms with E-state index in [-0.39, 0.29) is 5.56 Å². The van der Waals surface area contributed by atoms with E-state index in [9.17, 15) is 4.79 Å². The zero-order chi connectivity index (χ0) is 15.1. The fourth-order valence-electron chi connectivity index (χ4n) is 2.51. The van der Waals surface area contributed by atoms with E-state index >= 15 is 0 Å². The molecule has 0 saturated heterocycles. The van der Waals surface area contributed by atoms with Gasteiger partial charge in [-0.05, 0) is 35.2 Å². The predicted octanol–water partition coefficient (Wildman–Crippen LogP) is 3.71. The van der Waals surface area contributed by atoms with Gasteiger partial charge in [0.25, 0.3) is 5.56 Å². The summed E-state index contributed by atoms with van der Waals surface area (Å²) >= 11 is 7.67. The highest BCUT2D eigenvalue weighted by Gasteiger charge is 2.09. The summed E-state index contributed by atoms with van der Waals surface area (Å²) in [5, 5.41) is 4.08. The second kappa shape index (κ2) is 5.19. The summed E-state index contributed by atoms with van der Waals surface area (Å²) in [5.74, 6) is 0. The number of hydrogen-bond donors (Lipinski definition) is 0. The van der Waals surface area contributed by atoms with Crippen molar-refractivity contribution in [1.29, 1.82) is 0 Å². The molecule has 0 fully saturated rings.